The van der Waals surface area contributed by atoms with E-state index in [1.54, 1.807) is 43.0 Å². The van der Waals surface area contributed by atoms with Crippen LogP contribution in [0, 0.1) is 6.92 Å². The van der Waals surface area contributed by atoms with Crippen LogP contribution in [0.25, 0.3) is 11.0 Å². The minimum absolute atomic E-state index is 0.0198. The molecule has 1 atom stereocenters. The van der Waals surface area contributed by atoms with Crippen LogP contribution in [0.5, 0.6) is 11.5 Å². The molecule has 5 rings (SSSR count). The molecule has 0 bridgehead atoms. The molecule has 7 nitrogen and oxygen atoms in total. The van der Waals surface area contributed by atoms with Crippen LogP contribution >= 0.6 is 11.3 Å². The monoisotopic (exact) mass is 434 g/mol. The normalized spacial score (nSPS) is 15.4. The summed E-state index contributed by atoms with van der Waals surface area (Å²) in [5, 5.41) is 2.67. The number of hydrogen-bond donors (Lipinski definition) is 0. The second-order valence-electron chi connectivity index (χ2n) is 7.15. The fraction of sp³-hybridized carbons (Fsp3) is 0.174. The average Bonchev–Trinajstić information content (AvgIpc) is 3.40. The van der Waals surface area contributed by atoms with Crippen molar-refractivity contribution in [2.24, 2.45) is 0 Å². The molecule has 156 valence electrons. The molecule has 0 radical (unpaired) electrons. The molecule has 4 aromatic rings. The highest BCUT2D eigenvalue weighted by Gasteiger charge is 2.46. The van der Waals surface area contributed by atoms with Gasteiger partial charge >= 0.3 is 0 Å². The van der Waals surface area contributed by atoms with Gasteiger partial charge < -0.3 is 13.9 Å². The van der Waals surface area contributed by atoms with Crippen molar-refractivity contribution in [3.8, 4) is 11.5 Å². The van der Waals surface area contributed by atoms with E-state index in [1.165, 1.54) is 23.3 Å². The van der Waals surface area contributed by atoms with Gasteiger partial charge in [0.2, 0.25) is 5.76 Å². The van der Waals surface area contributed by atoms with E-state index < -0.39 is 11.9 Å². The van der Waals surface area contributed by atoms with E-state index in [0.29, 0.717) is 33.2 Å². The Kier molecular flexibility index (Phi) is 4.51. The number of aryl methyl sites for hydroxylation is 1. The SMILES string of the molecule is COc1cccc([C@@H]2c3c(oc4ccc(C)cc4c3=O)C(=O)N2c2nccs2)c1OC. The van der Waals surface area contributed by atoms with E-state index in [2.05, 4.69) is 4.98 Å². The van der Waals surface area contributed by atoms with Crippen LogP contribution in [0.2, 0.25) is 0 Å². The molecule has 1 aliphatic rings. The number of anilines is 1. The van der Waals surface area contributed by atoms with Gasteiger partial charge in [-0.25, -0.2) is 4.98 Å². The number of benzene rings is 2. The van der Waals surface area contributed by atoms with Crippen molar-refractivity contribution in [1.82, 2.24) is 4.98 Å². The summed E-state index contributed by atoms with van der Waals surface area (Å²) in [5.74, 6) is 0.549. The third kappa shape index (κ3) is 2.83. The van der Waals surface area contributed by atoms with Gasteiger partial charge in [0.15, 0.2) is 22.1 Å². The summed E-state index contributed by atoms with van der Waals surface area (Å²) in [6, 6.07) is 9.95. The van der Waals surface area contributed by atoms with Gasteiger partial charge in [0.05, 0.1) is 25.2 Å². The van der Waals surface area contributed by atoms with Gasteiger partial charge in [-0.1, -0.05) is 23.8 Å². The van der Waals surface area contributed by atoms with Gasteiger partial charge in [-0.15, -0.1) is 11.3 Å². The zero-order chi connectivity index (χ0) is 21.7. The summed E-state index contributed by atoms with van der Waals surface area (Å²) in [7, 11) is 3.07. The first kappa shape index (κ1) is 19.3. The lowest BCUT2D eigenvalue weighted by molar-refractivity contribution is 0.0970. The lowest BCUT2D eigenvalue weighted by atomic mass is 9.97. The molecule has 2 aromatic heterocycles. The maximum Gasteiger partial charge on any atom is 0.297 e. The lowest BCUT2D eigenvalue weighted by Crippen LogP contribution is -2.29. The Morgan fingerprint density at radius 2 is 1.97 bits per heavy atom. The van der Waals surface area contributed by atoms with E-state index >= 15 is 0 Å². The Labute approximate surface area is 181 Å². The fourth-order valence-corrected chi connectivity index (χ4v) is 4.71. The number of hydrogen-bond acceptors (Lipinski definition) is 7. The van der Waals surface area contributed by atoms with E-state index in [0.717, 1.165) is 5.56 Å². The lowest BCUT2D eigenvalue weighted by Gasteiger charge is -2.24. The van der Waals surface area contributed by atoms with Gasteiger partial charge in [0, 0.05) is 17.1 Å². The highest BCUT2D eigenvalue weighted by atomic mass is 32.1. The molecular formula is C23H18N2O5S. The van der Waals surface area contributed by atoms with Crippen molar-refractivity contribution in [3.05, 3.63) is 80.6 Å². The van der Waals surface area contributed by atoms with Crippen molar-refractivity contribution in [1.29, 1.82) is 0 Å². The summed E-state index contributed by atoms with van der Waals surface area (Å²) in [6.07, 6.45) is 1.62. The molecule has 0 saturated carbocycles. The van der Waals surface area contributed by atoms with Crippen LogP contribution in [-0.2, 0) is 0 Å². The first-order chi connectivity index (χ1) is 15.0. The summed E-state index contributed by atoms with van der Waals surface area (Å²) in [4.78, 5) is 32.9. The molecule has 0 fully saturated rings. The van der Waals surface area contributed by atoms with E-state index in [4.69, 9.17) is 13.9 Å². The fourth-order valence-electron chi connectivity index (χ4n) is 4.04. The van der Waals surface area contributed by atoms with Crippen molar-refractivity contribution >= 4 is 33.3 Å². The topological polar surface area (TPSA) is 81.9 Å². The zero-order valence-corrected chi connectivity index (χ0v) is 17.9. The molecule has 0 saturated heterocycles. The van der Waals surface area contributed by atoms with Crippen molar-refractivity contribution in [2.45, 2.75) is 13.0 Å². The van der Waals surface area contributed by atoms with Crippen LogP contribution in [0.4, 0.5) is 5.13 Å². The maximum absolute atomic E-state index is 13.6. The number of fused-ring (bicyclic) bond motifs is 2. The number of para-hydroxylation sites is 1. The minimum Gasteiger partial charge on any atom is -0.493 e. The summed E-state index contributed by atoms with van der Waals surface area (Å²) in [6.45, 7) is 1.90. The van der Waals surface area contributed by atoms with Crippen LogP contribution in [-0.4, -0.2) is 25.1 Å². The van der Waals surface area contributed by atoms with Crippen LogP contribution in [0.3, 0.4) is 0 Å². The molecule has 1 amide bonds. The summed E-state index contributed by atoms with van der Waals surface area (Å²) in [5.41, 5.74) is 1.94. The van der Waals surface area contributed by atoms with Crippen LogP contribution in [0.1, 0.15) is 33.3 Å². The Bertz CT molecular complexity index is 1380. The largest absolute Gasteiger partial charge is 0.493 e. The van der Waals surface area contributed by atoms with Crippen molar-refractivity contribution in [2.75, 3.05) is 19.1 Å². The first-order valence-electron chi connectivity index (χ1n) is 9.56. The molecule has 2 aromatic carbocycles. The molecule has 0 spiro atoms. The van der Waals surface area contributed by atoms with Crippen molar-refractivity contribution < 1.29 is 18.7 Å². The quantitative estimate of drug-likeness (QED) is 0.476. The van der Waals surface area contributed by atoms with Gasteiger partial charge in [0.1, 0.15) is 11.6 Å². The second kappa shape index (κ2) is 7.24. The third-order valence-electron chi connectivity index (χ3n) is 5.38. The highest BCUT2D eigenvalue weighted by Crippen LogP contribution is 2.46. The predicted octanol–water partition coefficient (Wildman–Crippen LogP) is 4.32. The molecule has 0 N–H and O–H groups in total. The number of nitrogens with zero attached hydrogens (tertiary/aromatic N) is 2. The Hall–Kier alpha value is -3.65. The van der Waals surface area contributed by atoms with E-state index in [9.17, 15) is 9.59 Å². The number of thiazole rings is 1. The number of methoxy groups -OCH3 is 2. The van der Waals surface area contributed by atoms with Gasteiger partial charge in [-0.3, -0.25) is 14.5 Å². The molecule has 1 aliphatic heterocycles. The molecule has 8 heteroatoms. The first-order valence-corrected chi connectivity index (χ1v) is 10.4. The molecule has 0 unspecified atom stereocenters. The molecule has 0 aliphatic carbocycles. The number of carbonyl (C=O) groups excluding carboxylic acids is 1. The number of ether oxygens (including phenoxy) is 2. The van der Waals surface area contributed by atoms with E-state index in [-0.39, 0.29) is 16.8 Å². The smallest absolute Gasteiger partial charge is 0.297 e. The molecular weight excluding hydrogens is 416 g/mol. The predicted molar refractivity (Wildman–Crippen MR) is 118 cm³/mol. The standard InChI is InChI=1S/C23H18N2O5S/c1-12-7-8-15-14(11-12)19(26)17-18(13-5-4-6-16(28-2)20(13)29-3)25(22(27)21(17)30-15)23-24-9-10-31-23/h4-11,18H,1-3H3/t18-/m1/s1. The van der Waals surface area contributed by atoms with Crippen LogP contribution in [0.15, 0.2) is 57.2 Å². The molecule has 3 heterocycles. The Balaban J connectivity index is 1.87. The van der Waals surface area contributed by atoms with Gasteiger partial charge in [0.25, 0.3) is 5.91 Å². The minimum atomic E-state index is -0.764. The maximum atomic E-state index is 13.6. The van der Waals surface area contributed by atoms with Crippen LogP contribution < -0.4 is 19.8 Å². The zero-order valence-electron chi connectivity index (χ0n) is 17.0. The Morgan fingerprint density at radius 3 is 2.68 bits per heavy atom. The highest BCUT2D eigenvalue weighted by molar-refractivity contribution is 7.13. The second-order valence-corrected chi connectivity index (χ2v) is 8.02. The average molecular weight is 434 g/mol. The third-order valence-corrected chi connectivity index (χ3v) is 6.15. The number of rotatable bonds is 4. The number of aromatic nitrogens is 1. The van der Waals surface area contributed by atoms with Gasteiger partial charge in [-0.05, 0) is 25.1 Å². The summed E-state index contributed by atoms with van der Waals surface area (Å²) >= 11 is 1.31. The number of carbonyl (C=O) groups is 1. The Morgan fingerprint density at radius 1 is 1.13 bits per heavy atom. The molecule has 31 heavy (non-hydrogen) atoms. The van der Waals surface area contributed by atoms with E-state index in [1.807, 2.05) is 19.1 Å². The van der Waals surface area contributed by atoms with Gasteiger partial charge in [-0.2, -0.15) is 0 Å². The number of amides is 1. The summed E-state index contributed by atoms with van der Waals surface area (Å²) < 4.78 is 17.1. The van der Waals surface area contributed by atoms with Crippen molar-refractivity contribution in [3.63, 3.8) is 0 Å².